The first kappa shape index (κ1) is 6.58. The van der Waals surface area contributed by atoms with E-state index in [0.717, 1.165) is 18.4 Å². The van der Waals surface area contributed by atoms with Gasteiger partial charge in [0.1, 0.15) is 12.2 Å². The van der Waals surface area contributed by atoms with Crippen LogP contribution in [0.1, 0.15) is 19.3 Å². The molecule has 0 aromatic rings. The van der Waals surface area contributed by atoms with Gasteiger partial charge in [0, 0.05) is 6.42 Å². The molecule has 1 aliphatic carbocycles. The van der Waals surface area contributed by atoms with E-state index in [4.69, 9.17) is 4.74 Å². The van der Waals surface area contributed by atoms with Gasteiger partial charge in [-0.2, -0.15) is 0 Å². The molecule has 58 valence electrons. The molecule has 0 N–H and O–H groups in total. The van der Waals surface area contributed by atoms with Crippen LogP contribution in [-0.2, 0) is 14.3 Å². The highest BCUT2D eigenvalue weighted by Crippen LogP contribution is 2.27. The molecular formula is C8H8O3. The Bertz CT molecular complexity index is 263. The molecule has 1 aliphatic heterocycles. The summed E-state index contributed by atoms with van der Waals surface area (Å²) in [6, 6.07) is 0. The van der Waals surface area contributed by atoms with Gasteiger partial charge in [-0.1, -0.05) is 0 Å². The molecule has 2 aliphatic rings. The van der Waals surface area contributed by atoms with Crippen LogP contribution >= 0.6 is 0 Å². The van der Waals surface area contributed by atoms with Crippen LogP contribution < -0.4 is 0 Å². The number of ether oxygens (including phenoxy) is 1. The number of ketones is 1. The van der Waals surface area contributed by atoms with E-state index in [1.165, 1.54) is 0 Å². The zero-order valence-electron chi connectivity index (χ0n) is 6.05. The van der Waals surface area contributed by atoms with Crippen molar-refractivity contribution in [3.05, 3.63) is 11.1 Å². The smallest absolute Gasteiger partial charge is 0.342 e. The lowest BCUT2D eigenvalue weighted by atomic mass is 9.93. The van der Waals surface area contributed by atoms with Crippen molar-refractivity contribution in [2.75, 3.05) is 6.61 Å². The van der Waals surface area contributed by atoms with Gasteiger partial charge in [-0.3, -0.25) is 4.79 Å². The molecule has 0 radical (unpaired) electrons. The lowest BCUT2D eigenvalue weighted by Gasteiger charge is -2.07. The van der Waals surface area contributed by atoms with E-state index in [2.05, 4.69) is 0 Å². The van der Waals surface area contributed by atoms with E-state index in [9.17, 15) is 9.59 Å². The van der Waals surface area contributed by atoms with Crippen LogP contribution in [0.2, 0.25) is 0 Å². The fraction of sp³-hybridized carbons (Fsp3) is 0.500. The minimum atomic E-state index is -0.412. The van der Waals surface area contributed by atoms with Crippen LogP contribution in [0.3, 0.4) is 0 Å². The van der Waals surface area contributed by atoms with E-state index < -0.39 is 5.97 Å². The summed E-state index contributed by atoms with van der Waals surface area (Å²) >= 11 is 0. The topological polar surface area (TPSA) is 43.4 Å². The van der Waals surface area contributed by atoms with Gasteiger partial charge in [0.15, 0.2) is 5.78 Å². The summed E-state index contributed by atoms with van der Waals surface area (Å²) in [5.74, 6) is -0.446. The first-order valence-electron chi connectivity index (χ1n) is 3.71. The number of carbonyl (C=O) groups is 2. The largest absolute Gasteiger partial charge is 0.457 e. The monoisotopic (exact) mass is 152 g/mol. The summed E-state index contributed by atoms with van der Waals surface area (Å²) in [6.45, 7) is 0.347. The summed E-state index contributed by atoms with van der Waals surface area (Å²) in [5, 5.41) is 0. The van der Waals surface area contributed by atoms with Gasteiger partial charge in [0.2, 0.25) is 0 Å². The van der Waals surface area contributed by atoms with Gasteiger partial charge in [-0.25, -0.2) is 4.79 Å². The predicted molar refractivity (Wildman–Crippen MR) is 36.8 cm³/mol. The molecule has 0 fully saturated rings. The molecule has 3 heteroatoms. The van der Waals surface area contributed by atoms with Gasteiger partial charge < -0.3 is 4.74 Å². The maximum absolute atomic E-state index is 11.1. The zero-order valence-corrected chi connectivity index (χ0v) is 6.05. The van der Waals surface area contributed by atoms with Gasteiger partial charge in [0.25, 0.3) is 0 Å². The van der Waals surface area contributed by atoms with Crippen LogP contribution in [0.4, 0.5) is 0 Å². The maximum Gasteiger partial charge on any atom is 0.342 e. The van der Waals surface area contributed by atoms with E-state index in [-0.39, 0.29) is 5.78 Å². The quantitative estimate of drug-likeness (QED) is 0.377. The fourth-order valence-corrected chi connectivity index (χ4v) is 1.54. The van der Waals surface area contributed by atoms with Gasteiger partial charge >= 0.3 is 5.97 Å². The third-order valence-corrected chi connectivity index (χ3v) is 2.10. The third kappa shape index (κ3) is 0.878. The normalized spacial score (nSPS) is 23.6. The SMILES string of the molecule is O=C1CCCC2=C1C(=O)OC2. The zero-order chi connectivity index (χ0) is 7.84. The molecule has 2 rings (SSSR count). The number of cyclic esters (lactones) is 1. The van der Waals surface area contributed by atoms with E-state index in [1.54, 1.807) is 0 Å². The molecule has 0 saturated heterocycles. The highest BCUT2D eigenvalue weighted by Gasteiger charge is 2.32. The van der Waals surface area contributed by atoms with E-state index >= 15 is 0 Å². The van der Waals surface area contributed by atoms with Crippen molar-refractivity contribution < 1.29 is 14.3 Å². The lowest BCUT2D eigenvalue weighted by molar-refractivity contribution is -0.137. The second-order valence-electron chi connectivity index (χ2n) is 2.83. The standard InChI is InChI=1S/C8H8O3/c9-6-3-1-2-5-4-11-8(10)7(5)6/h1-4H2. The minimum Gasteiger partial charge on any atom is -0.457 e. The summed E-state index contributed by atoms with van der Waals surface area (Å²) in [6.07, 6.45) is 2.23. The van der Waals surface area contributed by atoms with Crippen LogP contribution in [-0.4, -0.2) is 18.4 Å². The Morgan fingerprint density at radius 3 is 2.73 bits per heavy atom. The van der Waals surface area contributed by atoms with E-state index in [1.807, 2.05) is 0 Å². The first-order valence-corrected chi connectivity index (χ1v) is 3.71. The number of hydrogen-bond acceptors (Lipinski definition) is 3. The molecule has 0 aromatic carbocycles. The van der Waals surface area contributed by atoms with Crippen molar-refractivity contribution in [3.63, 3.8) is 0 Å². The van der Waals surface area contributed by atoms with Crippen molar-refractivity contribution in [1.29, 1.82) is 0 Å². The Hall–Kier alpha value is -1.12. The lowest BCUT2D eigenvalue weighted by Crippen LogP contribution is -2.13. The Kier molecular flexibility index (Phi) is 1.31. The van der Waals surface area contributed by atoms with Crippen molar-refractivity contribution in [1.82, 2.24) is 0 Å². The summed E-state index contributed by atoms with van der Waals surface area (Å²) in [7, 11) is 0. The molecule has 0 saturated carbocycles. The predicted octanol–water partition coefficient (Wildman–Crippen LogP) is 0.593. The van der Waals surface area contributed by atoms with E-state index in [0.29, 0.717) is 18.6 Å². The average Bonchev–Trinajstić information content (AvgIpc) is 2.34. The molecule has 0 aromatic heterocycles. The Labute approximate surface area is 64.0 Å². The van der Waals surface area contributed by atoms with Crippen molar-refractivity contribution in [3.8, 4) is 0 Å². The maximum atomic E-state index is 11.1. The number of carbonyl (C=O) groups excluding carboxylic acids is 2. The fourth-order valence-electron chi connectivity index (χ4n) is 1.54. The Morgan fingerprint density at radius 1 is 1.18 bits per heavy atom. The molecule has 0 amide bonds. The molecule has 0 bridgehead atoms. The van der Waals surface area contributed by atoms with Gasteiger partial charge in [0.05, 0.1) is 0 Å². The third-order valence-electron chi connectivity index (χ3n) is 2.10. The van der Waals surface area contributed by atoms with Crippen molar-refractivity contribution in [2.24, 2.45) is 0 Å². The number of hydrogen-bond donors (Lipinski definition) is 0. The van der Waals surface area contributed by atoms with Gasteiger partial charge in [-0.15, -0.1) is 0 Å². The second-order valence-corrected chi connectivity index (χ2v) is 2.83. The number of esters is 1. The Morgan fingerprint density at radius 2 is 2.00 bits per heavy atom. The molecule has 11 heavy (non-hydrogen) atoms. The molecular weight excluding hydrogens is 144 g/mol. The van der Waals surface area contributed by atoms with Gasteiger partial charge in [-0.05, 0) is 18.4 Å². The van der Waals surface area contributed by atoms with Crippen LogP contribution in [0.25, 0.3) is 0 Å². The number of rotatable bonds is 0. The highest BCUT2D eigenvalue weighted by molar-refractivity contribution is 6.19. The van der Waals surface area contributed by atoms with Crippen LogP contribution in [0.5, 0.6) is 0 Å². The molecule has 0 spiro atoms. The summed E-state index contributed by atoms with van der Waals surface area (Å²) in [5.41, 5.74) is 1.25. The number of Topliss-reactive ketones (excluding diaryl/α,β-unsaturated/α-hetero) is 1. The van der Waals surface area contributed by atoms with Crippen LogP contribution in [0.15, 0.2) is 11.1 Å². The molecule has 3 nitrogen and oxygen atoms in total. The Balaban J connectivity index is 2.41. The van der Waals surface area contributed by atoms with Crippen molar-refractivity contribution in [2.45, 2.75) is 19.3 Å². The molecule has 1 heterocycles. The molecule has 0 unspecified atom stereocenters. The second kappa shape index (κ2) is 2.19. The minimum absolute atomic E-state index is 0.0336. The first-order chi connectivity index (χ1) is 5.29. The molecule has 0 atom stereocenters. The highest BCUT2D eigenvalue weighted by atomic mass is 16.5. The van der Waals surface area contributed by atoms with Crippen molar-refractivity contribution >= 4 is 11.8 Å². The van der Waals surface area contributed by atoms with Crippen LogP contribution in [0, 0.1) is 0 Å². The summed E-state index contributed by atoms with van der Waals surface area (Å²) in [4.78, 5) is 22.0. The average molecular weight is 152 g/mol. The summed E-state index contributed by atoms with van der Waals surface area (Å²) < 4.78 is 4.74.